The highest BCUT2D eigenvalue weighted by Gasteiger charge is 2.34. The van der Waals surface area contributed by atoms with Crippen LogP contribution >= 0.6 is 0 Å². The summed E-state index contributed by atoms with van der Waals surface area (Å²) in [5.41, 5.74) is 5.07. The van der Waals surface area contributed by atoms with Crippen molar-refractivity contribution in [1.29, 1.82) is 0 Å². The molecule has 0 bridgehead atoms. The normalized spacial score (nSPS) is 19.6. The fourth-order valence-electron chi connectivity index (χ4n) is 3.40. The maximum absolute atomic E-state index is 11.7. The molecular formula is C21H24O3. The molecule has 24 heavy (non-hydrogen) atoms. The molecule has 1 unspecified atom stereocenters. The van der Waals surface area contributed by atoms with Gasteiger partial charge in [0.05, 0.1) is 18.6 Å². The predicted octanol–water partition coefficient (Wildman–Crippen LogP) is 3.84. The molecule has 126 valence electrons. The van der Waals surface area contributed by atoms with E-state index in [0.29, 0.717) is 19.4 Å². The molecule has 0 heterocycles. The molecule has 0 fully saturated rings. The number of benzene rings is 2. The van der Waals surface area contributed by atoms with Crippen LogP contribution in [-0.2, 0) is 22.4 Å². The Kier molecular flexibility index (Phi) is 4.72. The van der Waals surface area contributed by atoms with Crippen LogP contribution in [0.15, 0.2) is 42.5 Å². The first-order chi connectivity index (χ1) is 11.5. The highest BCUT2D eigenvalue weighted by Crippen LogP contribution is 2.34. The summed E-state index contributed by atoms with van der Waals surface area (Å²) in [5, 5.41) is 10.7. The van der Waals surface area contributed by atoms with Gasteiger partial charge in [0.25, 0.3) is 0 Å². The molecule has 0 saturated heterocycles. The maximum atomic E-state index is 11.7. The molecule has 1 atom stereocenters. The van der Waals surface area contributed by atoms with Gasteiger partial charge in [-0.15, -0.1) is 0 Å². The summed E-state index contributed by atoms with van der Waals surface area (Å²) in [7, 11) is 0. The molecule has 0 saturated carbocycles. The predicted molar refractivity (Wildman–Crippen MR) is 94.8 cm³/mol. The minimum absolute atomic E-state index is 0.0694. The first kappa shape index (κ1) is 16.7. The highest BCUT2D eigenvalue weighted by atomic mass is 16.5. The number of carbonyl (C=O) groups excluding carboxylic acids is 1. The number of aliphatic hydroxyl groups is 1. The summed E-state index contributed by atoms with van der Waals surface area (Å²) in [6.07, 6.45) is 1.95. The van der Waals surface area contributed by atoms with E-state index in [0.717, 1.165) is 12.0 Å². The summed E-state index contributed by atoms with van der Waals surface area (Å²) in [4.78, 5) is 11.7. The SMILES string of the molecule is CCOC(=O)CC1(O)CCc2cc(-c3ccc(C)cc3)ccc2C1. The van der Waals surface area contributed by atoms with Gasteiger partial charge in [0.1, 0.15) is 0 Å². The Hall–Kier alpha value is -2.13. The number of rotatable bonds is 4. The second kappa shape index (κ2) is 6.78. The molecule has 0 aliphatic heterocycles. The Balaban J connectivity index is 1.79. The van der Waals surface area contributed by atoms with Crippen molar-refractivity contribution in [3.05, 3.63) is 59.2 Å². The molecule has 3 heteroatoms. The summed E-state index contributed by atoms with van der Waals surface area (Å²) >= 11 is 0. The first-order valence-corrected chi connectivity index (χ1v) is 8.56. The fourth-order valence-corrected chi connectivity index (χ4v) is 3.40. The van der Waals surface area contributed by atoms with E-state index < -0.39 is 5.60 Å². The standard InChI is InChI=1S/C21H24O3/c1-3-24-20(22)14-21(23)11-10-18-12-17(8-9-19(18)13-21)16-6-4-15(2)5-7-16/h4-9,12,23H,3,10-11,13-14H2,1-2H3. The monoisotopic (exact) mass is 324 g/mol. The van der Waals surface area contributed by atoms with Crippen molar-refractivity contribution in [3.63, 3.8) is 0 Å². The molecule has 1 aliphatic rings. The summed E-state index contributed by atoms with van der Waals surface area (Å²) in [6.45, 7) is 4.22. The Morgan fingerprint density at radius 3 is 2.54 bits per heavy atom. The zero-order chi connectivity index (χ0) is 17.2. The lowest BCUT2D eigenvalue weighted by Crippen LogP contribution is -2.38. The van der Waals surface area contributed by atoms with Crippen molar-refractivity contribution in [1.82, 2.24) is 0 Å². The van der Waals surface area contributed by atoms with Gasteiger partial charge in [0.2, 0.25) is 0 Å². The zero-order valence-corrected chi connectivity index (χ0v) is 14.3. The lowest BCUT2D eigenvalue weighted by atomic mass is 9.78. The number of carbonyl (C=O) groups is 1. The van der Waals surface area contributed by atoms with E-state index in [1.54, 1.807) is 6.92 Å². The summed E-state index contributed by atoms with van der Waals surface area (Å²) in [6, 6.07) is 14.9. The second-order valence-electron chi connectivity index (χ2n) is 6.73. The van der Waals surface area contributed by atoms with Gasteiger partial charge < -0.3 is 9.84 Å². The molecule has 0 aromatic heterocycles. The van der Waals surface area contributed by atoms with Crippen LogP contribution in [0.3, 0.4) is 0 Å². The van der Waals surface area contributed by atoms with Gasteiger partial charge in [0, 0.05) is 6.42 Å². The quantitative estimate of drug-likeness (QED) is 0.869. The van der Waals surface area contributed by atoms with Crippen LogP contribution in [0.2, 0.25) is 0 Å². The van der Waals surface area contributed by atoms with Crippen LogP contribution in [0.4, 0.5) is 0 Å². The number of fused-ring (bicyclic) bond motifs is 1. The average Bonchev–Trinajstić information content (AvgIpc) is 2.55. The molecule has 1 aliphatic carbocycles. The zero-order valence-electron chi connectivity index (χ0n) is 14.3. The molecule has 0 spiro atoms. The van der Waals surface area contributed by atoms with Gasteiger partial charge in [-0.2, -0.15) is 0 Å². The lowest BCUT2D eigenvalue weighted by Gasteiger charge is -2.33. The van der Waals surface area contributed by atoms with Crippen LogP contribution in [0.5, 0.6) is 0 Å². The Bertz CT molecular complexity index is 733. The van der Waals surface area contributed by atoms with Crippen molar-refractivity contribution >= 4 is 5.97 Å². The number of aryl methyl sites for hydroxylation is 2. The summed E-state index contributed by atoms with van der Waals surface area (Å²) in [5.74, 6) is -0.320. The van der Waals surface area contributed by atoms with Crippen LogP contribution in [0.1, 0.15) is 36.5 Å². The van der Waals surface area contributed by atoms with E-state index in [4.69, 9.17) is 4.74 Å². The molecule has 3 rings (SSSR count). The minimum atomic E-state index is -0.982. The van der Waals surface area contributed by atoms with E-state index >= 15 is 0 Å². The third-order valence-electron chi connectivity index (χ3n) is 4.75. The fraction of sp³-hybridized carbons (Fsp3) is 0.381. The van der Waals surface area contributed by atoms with Gasteiger partial charge in [-0.1, -0.05) is 48.0 Å². The number of hydrogen-bond acceptors (Lipinski definition) is 3. The third-order valence-corrected chi connectivity index (χ3v) is 4.75. The van der Waals surface area contributed by atoms with Crippen LogP contribution in [0, 0.1) is 6.92 Å². The summed E-state index contributed by atoms with van der Waals surface area (Å²) < 4.78 is 4.99. The molecule has 1 N–H and O–H groups in total. The van der Waals surface area contributed by atoms with Crippen LogP contribution in [-0.4, -0.2) is 23.3 Å². The molecule has 2 aromatic carbocycles. The first-order valence-electron chi connectivity index (χ1n) is 8.56. The molecular weight excluding hydrogens is 300 g/mol. The van der Waals surface area contributed by atoms with E-state index in [2.05, 4.69) is 49.4 Å². The number of ether oxygens (including phenoxy) is 1. The van der Waals surface area contributed by atoms with Crippen molar-refractivity contribution in [3.8, 4) is 11.1 Å². The lowest BCUT2D eigenvalue weighted by molar-refractivity contribution is -0.149. The highest BCUT2D eigenvalue weighted by molar-refractivity contribution is 5.71. The number of esters is 1. The van der Waals surface area contributed by atoms with E-state index in [1.807, 2.05) is 0 Å². The molecule has 3 nitrogen and oxygen atoms in total. The minimum Gasteiger partial charge on any atom is -0.466 e. The van der Waals surface area contributed by atoms with Gasteiger partial charge in [-0.3, -0.25) is 4.79 Å². The van der Waals surface area contributed by atoms with Gasteiger partial charge in [-0.25, -0.2) is 0 Å². The third kappa shape index (κ3) is 3.68. The van der Waals surface area contributed by atoms with Gasteiger partial charge in [-0.05, 0) is 48.9 Å². The van der Waals surface area contributed by atoms with Crippen molar-refractivity contribution in [2.75, 3.05) is 6.61 Å². The maximum Gasteiger partial charge on any atom is 0.308 e. The topological polar surface area (TPSA) is 46.5 Å². The van der Waals surface area contributed by atoms with E-state index in [-0.39, 0.29) is 12.4 Å². The van der Waals surface area contributed by atoms with E-state index in [9.17, 15) is 9.90 Å². The van der Waals surface area contributed by atoms with Crippen LogP contribution < -0.4 is 0 Å². The largest absolute Gasteiger partial charge is 0.466 e. The van der Waals surface area contributed by atoms with E-state index in [1.165, 1.54) is 22.3 Å². The van der Waals surface area contributed by atoms with Crippen molar-refractivity contribution < 1.29 is 14.6 Å². The molecule has 0 amide bonds. The average molecular weight is 324 g/mol. The van der Waals surface area contributed by atoms with Gasteiger partial charge in [0.15, 0.2) is 0 Å². The smallest absolute Gasteiger partial charge is 0.308 e. The molecule has 0 radical (unpaired) electrons. The van der Waals surface area contributed by atoms with Crippen LogP contribution in [0.25, 0.3) is 11.1 Å². The Morgan fingerprint density at radius 1 is 1.12 bits per heavy atom. The molecule has 2 aromatic rings. The van der Waals surface area contributed by atoms with Crippen molar-refractivity contribution in [2.45, 2.75) is 45.1 Å². The van der Waals surface area contributed by atoms with Crippen molar-refractivity contribution in [2.24, 2.45) is 0 Å². The Morgan fingerprint density at radius 2 is 1.83 bits per heavy atom. The number of hydrogen-bond donors (Lipinski definition) is 1. The van der Waals surface area contributed by atoms with Gasteiger partial charge >= 0.3 is 5.97 Å². The Labute approximate surface area is 143 Å². The second-order valence-corrected chi connectivity index (χ2v) is 6.73.